The van der Waals surface area contributed by atoms with Gasteiger partial charge in [-0.05, 0) is 46.0 Å². The Balaban J connectivity index is 1.87. The summed E-state index contributed by atoms with van der Waals surface area (Å²) in [6.45, 7) is 0.706. The lowest BCUT2D eigenvalue weighted by Gasteiger charge is -2.19. The third-order valence-corrected chi connectivity index (χ3v) is 5.61. The summed E-state index contributed by atoms with van der Waals surface area (Å²) in [5.74, 6) is 1.07. The van der Waals surface area contributed by atoms with Gasteiger partial charge >= 0.3 is 0 Å². The van der Waals surface area contributed by atoms with E-state index in [0.717, 1.165) is 23.1 Å². The van der Waals surface area contributed by atoms with E-state index in [1.807, 2.05) is 17.3 Å². The van der Waals surface area contributed by atoms with Crippen LogP contribution in [0, 0.1) is 5.41 Å². The summed E-state index contributed by atoms with van der Waals surface area (Å²) in [6, 6.07) is 2.07. The van der Waals surface area contributed by atoms with E-state index >= 15 is 0 Å². The van der Waals surface area contributed by atoms with Crippen molar-refractivity contribution in [1.29, 1.82) is 0 Å². The van der Waals surface area contributed by atoms with Crippen LogP contribution in [-0.2, 0) is 11.3 Å². The molecule has 0 N–H and O–H groups in total. The Hall–Kier alpha value is -0.000000000000000111. The fraction of sp³-hybridized carbons (Fsp3) is 0.583. The summed E-state index contributed by atoms with van der Waals surface area (Å²) in [7, 11) is 1.88. The number of rotatable bonds is 5. The largest absolute Gasteiger partial charge is 0.341 e. The Morgan fingerprint density at radius 2 is 2.35 bits per heavy atom. The molecule has 1 fully saturated rings. The first-order valence-corrected chi connectivity index (χ1v) is 7.93. The molecular formula is C12H16BrNOS2. The molecule has 2 nitrogen and oxygen atoms in total. The zero-order valence-corrected chi connectivity index (χ0v) is 13.1. The van der Waals surface area contributed by atoms with Crippen LogP contribution in [0.15, 0.2) is 15.9 Å². The summed E-state index contributed by atoms with van der Waals surface area (Å²) in [5.41, 5.74) is 0.213. The highest BCUT2D eigenvalue weighted by Crippen LogP contribution is 2.49. The van der Waals surface area contributed by atoms with Crippen LogP contribution in [0.5, 0.6) is 0 Å². The molecule has 0 aromatic carbocycles. The smallest absolute Gasteiger partial charge is 0.223 e. The summed E-state index contributed by atoms with van der Waals surface area (Å²) in [6.07, 6.45) is 2.96. The summed E-state index contributed by atoms with van der Waals surface area (Å²) < 4.78 is 1.09. The van der Waals surface area contributed by atoms with E-state index in [-0.39, 0.29) is 11.3 Å². The van der Waals surface area contributed by atoms with Crippen molar-refractivity contribution < 1.29 is 4.79 Å². The number of carbonyl (C=O) groups is 1. The second-order valence-electron chi connectivity index (χ2n) is 4.82. The molecule has 1 heterocycles. The van der Waals surface area contributed by atoms with Gasteiger partial charge in [0.2, 0.25) is 5.91 Å². The first-order valence-electron chi connectivity index (χ1n) is 5.62. The monoisotopic (exact) mass is 333 g/mol. The Bertz CT molecular complexity index is 414. The fourth-order valence-corrected chi connectivity index (χ4v) is 3.71. The maximum atomic E-state index is 12.1. The van der Waals surface area contributed by atoms with Gasteiger partial charge in [0.25, 0.3) is 0 Å². The number of hydrogen-bond acceptors (Lipinski definition) is 3. The molecule has 0 saturated heterocycles. The number of thiol groups is 1. The average Bonchev–Trinajstić information content (AvgIpc) is 2.95. The van der Waals surface area contributed by atoms with Gasteiger partial charge in [-0.2, -0.15) is 12.6 Å². The van der Waals surface area contributed by atoms with Crippen LogP contribution < -0.4 is 0 Å². The third kappa shape index (κ3) is 3.48. The van der Waals surface area contributed by atoms with Gasteiger partial charge in [-0.1, -0.05) is 0 Å². The molecule has 0 spiro atoms. The minimum atomic E-state index is 0.213. The predicted molar refractivity (Wildman–Crippen MR) is 78.6 cm³/mol. The number of amides is 1. The van der Waals surface area contributed by atoms with Crippen LogP contribution >= 0.6 is 39.9 Å². The Labute approximate surface area is 120 Å². The topological polar surface area (TPSA) is 20.3 Å². The molecule has 5 heteroatoms. The molecule has 1 amide bonds. The van der Waals surface area contributed by atoms with Crippen LogP contribution in [0.3, 0.4) is 0 Å². The zero-order chi connectivity index (χ0) is 12.5. The van der Waals surface area contributed by atoms with E-state index in [1.54, 1.807) is 11.3 Å². The first-order chi connectivity index (χ1) is 8.04. The molecule has 0 aliphatic heterocycles. The first kappa shape index (κ1) is 13.4. The molecule has 0 unspecified atom stereocenters. The van der Waals surface area contributed by atoms with Crippen molar-refractivity contribution in [2.75, 3.05) is 12.8 Å². The van der Waals surface area contributed by atoms with E-state index in [2.05, 4.69) is 34.6 Å². The Kier molecular flexibility index (Phi) is 4.21. The van der Waals surface area contributed by atoms with Gasteiger partial charge in [-0.3, -0.25) is 4.79 Å². The van der Waals surface area contributed by atoms with Gasteiger partial charge in [-0.25, -0.2) is 0 Å². The lowest BCUT2D eigenvalue weighted by Crippen LogP contribution is -2.28. The Morgan fingerprint density at radius 1 is 1.65 bits per heavy atom. The second kappa shape index (κ2) is 5.33. The fourth-order valence-electron chi connectivity index (χ4n) is 1.78. The van der Waals surface area contributed by atoms with Crippen molar-refractivity contribution in [2.24, 2.45) is 5.41 Å². The normalized spacial score (nSPS) is 16.9. The highest BCUT2D eigenvalue weighted by atomic mass is 79.9. The molecule has 0 radical (unpaired) electrons. The number of hydrogen-bond donors (Lipinski definition) is 1. The summed E-state index contributed by atoms with van der Waals surface area (Å²) >= 11 is 9.44. The lowest BCUT2D eigenvalue weighted by atomic mass is 10.0. The molecule has 1 aromatic rings. The number of halogens is 1. The van der Waals surface area contributed by atoms with Crippen molar-refractivity contribution in [3.63, 3.8) is 0 Å². The molecule has 94 valence electrons. The zero-order valence-electron chi connectivity index (χ0n) is 9.78. The van der Waals surface area contributed by atoms with Gasteiger partial charge in [-0.15, -0.1) is 11.3 Å². The molecule has 1 aromatic heterocycles. The second-order valence-corrected chi connectivity index (χ2v) is 7.04. The lowest BCUT2D eigenvalue weighted by molar-refractivity contribution is -0.131. The predicted octanol–water partition coefficient (Wildman–Crippen LogP) is 3.57. The standard InChI is InChI=1S/C12H16BrNOS2/c1-14(6-10-4-9(13)7-17-10)11(15)5-12(8-16)2-3-12/h4,7,16H,2-3,5-6,8H2,1H3. The van der Waals surface area contributed by atoms with Crippen LogP contribution in [-0.4, -0.2) is 23.6 Å². The van der Waals surface area contributed by atoms with Gasteiger partial charge in [0.1, 0.15) is 0 Å². The average molecular weight is 334 g/mol. The van der Waals surface area contributed by atoms with Gasteiger partial charge in [0.05, 0.1) is 6.54 Å². The number of carbonyl (C=O) groups excluding carboxylic acids is 1. The van der Waals surface area contributed by atoms with Gasteiger partial charge < -0.3 is 4.90 Å². The SMILES string of the molecule is CN(Cc1cc(Br)cs1)C(=O)CC1(CS)CC1. The highest BCUT2D eigenvalue weighted by molar-refractivity contribution is 9.10. The van der Waals surface area contributed by atoms with Gasteiger partial charge in [0.15, 0.2) is 0 Å². The van der Waals surface area contributed by atoms with Crippen LogP contribution in [0.1, 0.15) is 24.1 Å². The van der Waals surface area contributed by atoms with Crippen molar-refractivity contribution >= 4 is 45.8 Å². The quantitative estimate of drug-likeness (QED) is 0.817. The Morgan fingerprint density at radius 3 is 2.82 bits per heavy atom. The molecule has 0 bridgehead atoms. The number of nitrogens with zero attached hydrogens (tertiary/aromatic N) is 1. The van der Waals surface area contributed by atoms with Crippen molar-refractivity contribution in [3.8, 4) is 0 Å². The third-order valence-electron chi connectivity index (χ3n) is 3.26. The molecule has 1 aliphatic carbocycles. The minimum absolute atomic E-state index is 0.213. The molecule has 1 saturated carbocycles. The molecule has 2 rings (SSSR count). The number of thiophene rings is 1. The minimum Gasteiger partial charge on any atom is -0.341 e. The maximum Gasteiger partial charge on any atom is 0.223 e. The van der Waals surface area contributed by atoms with Crippen molar-refractivity contribution in [3.05, 3.63) is 20.8 Å². The highest BCUT2D eigenvalue weighted by Gasteiger charge is 2.43. The van der Waals surface area contributed by atoms with E-state index in [9.17, 15) is 4.79 Å². The van der Waals surface area contributed by atoms with E-state index < -0.39 is 0 Å². The molecule has 0 atom stereocenters. The maximum absolute atomic E-state index is 12.1. The van der Waals surface area contributed by atoms with E-state index in [0.29, 0.717) is 13.0 Å². The van der Waals surface area contributed by atoms with E-state index in [1.165, 1.54) is 4.88 Å². The van der Waals surface area contributed by atoms with Crippen molar-refractivity contribution in [2.45, 2.75) is 25.8 Å². The van der Waals surface area contributed by atoms with Gasteiger partial charge in [0, 0.05) is 28.2 Å². The van der Waals surface area contributed by atoms with Crippen LogP contribution in [0.25, 0.3) is 0 Å². The molecular weight excluding hydrogens is 318 g/mol. The van der Waals surface area contributed by atoms with Crippen LogP contribution in [0.4, 0.5) is 0 Å². The van der Waals surface area contributed by atoms with Crippen molar-refractivity contribution in [1.82, 2.24) is 4.90 Å². The molecule has 1 aliphatic rings. The summed E-state index contributed by atoms with van der Waals surface area (Å²) in [5, 5.41) is 2.05. The summed E-state index contributed by atoms with van der Waals surface area (Å²) in [4.78, 5) is 15.1. The molecule has 17 heavy (non-hydrogen) atoms. The van der Waals surface area contributed by atoms with Crippen LogP contribution in [0.2, 0.25) is 0 Å². The van der Waals surface area contributed by atoms with E-state index in [4.69, 9.17) is 0 Å².